The lowest BCUT2D eigenvalue weighted by Gasteiger charge is -2.13. The van der Waals surface area contributed by atoms with Gasteiger partial charge in [0, 0.05) is 29.2 Å². The zero-order valence-electron chi connectivity index (χ0n) is 15.6. The first-order valence-electron chi connectivity index (χ1n) is 8.91. The van der Waals surface area contributed by atoms with Crippen molar-refractivity contribution in [3.8, 4) is 17.0 Å². The van der Waals surface area contributed by atoms with E-state index in [1.54, 1.807) is 12.1 Å². The van der Waals surface area contributed by atoms with E-state index in [4.69, 9.17) is 5.11 Å². The van der Waals surface area contributed by atoms with E-state index >= 15 is 0 Å². The van der Waals surface area contributed by atoms with Crippen LogP contribution in [0.1, 0.15) is 5.56 Å². The van der Waals surface area contributed by atoms with Gasteiger partial charge in [-0.15, -0.1) is 13.2 Å². The van der Waals surface area contributed by atoms with E-state index in [1.807, 2.05) is 24.3 Å². The largest absolute Gasteiger partial charge is 0.573 e. The van der Waals surface area contributed by atoms with Crippen molar-refractivity contribution in [2.45, 2.75) is 12.9 Å². The van der Waals surface area contributed by atoms with Crippen molar-refractivity contribution >= 4 is 27.7 Å². The monoisotopic (exact) mass is 482 g/mol. The summed E-state index contributed by atoms with van der Waals surface area (Å²) in [5.74, 6) is 0.375. The van der Waals surface area contributed by atoms with Crippen LogP contribution in [0.4, 0.5) is 24.9 Å². The number of ether oxygens (including phenoxy) is 1. The van der Waals surface area contributed by atoms with Crippen molar-refractivity contribution in [1.82, 2.24) is 9.97 Å². The number of aromatic nitrogens is 2. The molecule has 30 heavy (non-hydrogen) atoms. The van der Waals surface area contributed by atoms with Gasteiger partial charge >= 0.3 is 6.36 Å². The number of anilines is 2. The van der Waals surface area contributed by atoms with E-state index in [0.717, 1.165) is 10.0 Å². The average Bonchev–Trinajstić information content (AvgIpc) is 2.71. The molecule has 158 valence electrons. The third kappa shape index (κ3) is 6.60. The maximum atomic E-state index is 12.5. The van der Waals surface area contributed by atoms with E-state index in [0.29, 0.717) is 23.6 Å². The zero-order valence-corrected chi connectivity index (χ0v) is 17.2. The number of nitrogens with zero attached hydrogens (tertiary/aromatic N) is 2. The third-order valence-electron chi connectivity index (χ3n) is 3.87. The molecule has 2 aromatic carbocycles. The van der Waals surface area contributed by atoms with Gasteiger partial charge in [0.1, 0.15) is 11.6 Å². The Morgan fingerprint density at radius 2 is 1.77 bits per heavy atom. The standard InChI is InChI=1S/C20H18BrF3N4O2/c21-15-6-4-13(5-7-15)12-26-18-11-17(27-19(28-18)25-8-9-29)14-2-1-3-16(10-14)30-20(22,23)24/h1-7,10-11,29H,8-9,12H2,(H2,25,26,27,28). The molecule has 0 spiro atoms. The molecule has 0 aliphatic rings. The second-order valence-corrected chi connectivity index (χ2v) is 7.08. The van der Waals surface area contributed by atoms with Crippen LogP contribution in [-0.2, 0) is 6.54 Å². The van der Waals surface area contributed by atoms with Crippen LogP contribution in [-0.4, -0.2) is 34.6 Å². The summed E-state index contributed by atoms with van der Waals surface area (Å²) in [4.78, 5) is 8.67. The fraction of sp³-hybridized carbons (Fsp3) is 0.200. The van der Waals surface area contributed by atoms with Crippen LogP contribution in [0.5, 0.6) is 5.75 Å². The number of alkyl halides is 3. The Bertz CT molecular complexity index is 985. The second kappa shape index (κ2) is 9.77. The molecular formula is C20H18BrF3N4O2. The molecule has 0 unspecified atom stereocenters. The van der Waals surface area contributed by atoms with Crippen LogP contribution < -0.4 is 15.4 Å². The van der Waals surface area contributed by atoms with E-state index in [2.05, 4.69) is 41.3 Å². The highest BCUT2D eigenvalue weighted by atomic mass is 79.9. The highest BCUT2D eigenvalue weighted by Gasteiger charge is 2.31. The molecule has 10 heteroatoms. The van der Waals surface area contributed by atoms with Gasteiger partial charge in [0.15, 0.2) is 0 Å². The van der Waals surface area contributed by atoms with Crippen molar-refractivity contribution in [2.24, 2.45) is 0 Å². The molecule has 0 amide bonds. The Hall–Kier alpha value is -2.85. The Labute approximate surface area is 179 Å². The van der Waals surface area contributed by atoms with Crippen LogP contribution in [0.2, 0.25) is 0 Å². The number of benzene rings is 2. The summed E-state index contributed by atoms with van der Waals surface area (Å²) in [6, 6.07) is 14.9. The molecule has 0 fully saturated rings. The minimum absolute atomic E-state index is 0.121. The smallest absolute Gasteiger partial charge is 0.406 e. The Balaban J connectivity index is 1.86. The van der Waals surface area contributed by atoms with Crippen LogP contribution in [0, 0.1) is 0 Å². The second-order valence-electron chi connectivity index (χ2n) is 6.17. The molecule has 0 aliphatic carbocycles. The summed E-state index contributed by atoms with van der Waals surface area (Å²) in [6.07, 6.45) is -4.78. The van der Waals surface area contributed by atoms with Gasteiger partial charge in [-0.2, -0.15) is 4.98 Å². The van der Waals surface area contributed by atoms with Gasteiger partial charge in [-0.1, -0.05) is 40.2 Å². The fourth-order valence-corrected chi connectivity index (χ4v) is 2.84. The van der Waals surface area contributed by atoms with E-state index in [-0.39, 0.29) is 24.8 Å². The summed E-state index contributed by atoms with van der Waals surface area (Å²) in [5.41, 5.74) is 1.85. The average molecular weight is 483 g/mol. The highest BCUT2D eigenvalue weighted by molar-refractivity contribution is 9.10. The first kappa shape index (κ1) is 21.8. The number of aliphatic hydroxyl groups excluding tert-OH is 1. The lowest BCUT2D eigenvalue weighted by molar-refractivity contribution is -0.274. The zero-order chi connectivity index (χ0) is 21.6. The van der Waals surface area contributed by atoms with Gasteiger partial charge in [-0.05, 0) is 29.8 Å². The van der Waals surface area contributed by atoms with Gasteiger partial charge in [0.2, 0.25) is 5.95 Å². The van der Waals surface area contributed by atoms with Crippen molar-refractivity contribution in [3.63, 3.8) is 0 Å². The molecule has 3 aromatic rings. The summed E-state index contributed by atoms with van der Waals surface area (Å²) >= 11 is 3.38. The Morgan fingerprint density at radius 1 is 1.00 bits per heavy atom. The quantitative estimate of drug-likeness (QED) is 0.427. The number of hydrogen-bond acceptors (Lipinski definition) is 6. The molecule has 0 saturated carbocycles. The summed E-state index contributed by atoms with van der Waals surface area (Å²) < 4.78 is 42.6. The SMILES string of the molecule is OCCNc1nc(NCc2ccc(Br)cc2)cc(-c2cccc(OC(F)(F)F)c2)n1. The minimum Gasteiger partial charge on any atom is -0.406 e. The highest BCUT2D eigenvalue weighted by Crippen LogP contribution is 2.28. The first-order chi connectivity index (χ1) is 14.3. The molecule has 0 saturated heterocycles. The van der Waals surface area contributed by atoms with Gasteiger partial charge in [0.05, 0.1) is 12.3 Å². The fourth-order valence-electron chi connectivity index (χ4n) is 2.58. The molecule has 0 bridgehead atoms. The molecule has 3 rings (SSSR count). The van der Waals surface area contributed by atoms with E-state index < -0.39 is 6.36 Å². The van der Waals surface area contributed by atoms with Gasteiger partial charge < -0.3 is 20.5 Å². The third-order valence-corrected chi connectivity index (χ3v) is 4.40. The molecular weight excluding hydrogens is 465 g/mol. The normalized spacial score (nSPS) is 11.2. The molecule has 1 heterocycles. The molecule has 3 N–H and O–H groups in total. The lowest BCUT2D eigenvalue weighted by atomic mass is 10.1. The van der Waals surface area contributed by atoms with Gasteiger partial charge in [0.25, 0.3) is 0 Å². The summed E-state index contributed by atoms with van der Waals surface area (Å²) in [5, 5.41) is 15.1. The predicted octanol–water partition coefficient (Wildman–Crippen LogP) is 4.82. The van der Waals surface area contributed by atoms with Gasteiger partial charge in [-0.3, -0.25) is 0 Å². The van der Waals surface area contributed by atoms with E-state index in [1.165, 1.54) is 18.2 Å². The number of aliphatic hydroxyl groups is 1. The molecule has 0 atom stereocenters. The lowest BCUT2D eigenvalue weighted by Crippen LogP contribution is -2.17. The van der Waals surface area contributed by atoms with E-state index in [9.17, 15) is 13.2 Å². The molecule has 1 aromatic heterocycles. The van der Waals surface area contributed by atoms with Crippen molar-refractivity contribution in [2.75, 3.05) is 23.8 Å². The van der Waals surface area contributed by atoms with Crippen LogP contribution in [0.25, 0.3) is 11.3 Å². The maximum Gasteiger partial charge on any atom is 0.573 e. The van der Waals surface area contributed by atoms with Crippen molar-refractivity contribution < 1.29 is 23.0 Å². The molecule has 0 aliphatic heterocycles. The minimum atomic E-state index is -4.78. The number of nitrogens with one attached hydrogen (secondary N) is 2. The van der Waals surface area contributed by atoms with Crippen LogP contribution in [0.15, 0.2) is 59.1 Å². The first-order valence-corrected chi connectivity index (χ1v) is 9.70. The molecule has 6 nitrogen and oxygen atoms in total. The maximum absolute atomic E-state index is 12.5. The number of rotatable bonds is 8. The molecule has 0 radical (unpaired) electrons. The Morgan fingerprint density at radius 3 is 2.47 bits per heavy atom. The van der Waals surface area contributed by atoms with Crippen LogP contribution >= 0.6 is 15.9 Å². The topological polar surface area (TPSA) is 79.3 Å². The Kier molecular flexibility index (Phi) is 7.11. The van der Waals surface area contributed by atoms with Crippen molar-refractivity contribution in [1.29, 1.82) is 0 Å². The summed E-state index contributed by atoms with van der Waals surface area (Å²) in [7, 11) is 0. The predicted molar refractivity (Wildman–Crippen MR) is 111 cm³/mol. The van der Waals surface area contributed by atoms with Gasteiger partial charge in [-0.25, -0.2) is 4.98 Å². The number of halogens is 4. The number of hydrogen-bond donors (Lipinski definition) is 3. The van der Waals surface area contributed by atoms with Crippen LogP contribution in [0.3, 0.4) is 0 Å². The van der Waals surface area contributed by atoms with Crippen molar-refractivity contribution in [3.05, 3.63) is 64.6 Å². The summed E-state index contributed by atoms with van der Waals surface area (Å²) in [6.45, 7) is 0.595.